The van der Waals surface area contributed by atoms with Gasteiger partial charge in [-0.1, -0.05) is 6.07 Å². The van der Waals surface area contributed by atoms with Crippen molar-refractivity contribution >= 4 is 0 Å². The van der Waals surface area contributed by atoms with Crippen LogP contribution in [0.5, 0.6) is 5.75 Å². The van der Waals surface area contributed by atoms with Crippen molar-refractivity contribution in [3.05, 3.63) is 29.3 Å². The molecule has 0 aromatic heterocycles. The van der Waals surface area contributed by atoms with Gasteiger partial charge in [0.15, 0.2) is 0 Å². The predicted octanol–water partition coefficient (Wildman–Crippen LogP) is 2.05. The zero-order chi connectivity index (χ0) is 13.9. The topological polar surface area (TPSA) is 43.7 Å². The number of phenols is 1. The number of nitrogens with zero attached hydrogens (tertiary/aromatic N) is 1. The standard InChI is InChI=1S/C17H23NO2/c1-18-7-6-17-10-13(20)4-5-14(17)16(18)8-11-2-3-12(19)9-15(11)17/h2-3,9,13-14,16,19-20H,4-8,10H2,1H3/t13?,14-,16+,17-/m1/s1. The molecule has 0 spiro atoms. The Bertz CT molecular complexity index is 544. The van der Waals surface area contributed by atoms with Gasteiger partial charge < -0.3 is 15.1 Å². The van der Waals surface area contributed by atoms with Crippen molar-refractivity contribution in [1.82, 2.24) is 4.90 Å². The van der Waals surface area contributed by atoms with Crippen molar-refractivity contribution in [2.45, 2.75) is 49.7 Å². The molecule has 2 N–H and O–H groups in total. The molecule has 2 fully saturated rings. The Kier molecular flexibility index (Phi) is 2.67. The van der Waals surface area contributed by atoms with Gasteiger partial charge in [-0.05, 0) is 74.9 Å². The molecule has 2 aliphatic carbocycles. The Morgan fingerprint density at radius 3 is 3.00 bits per heavy atom. The highest BCUT2D eigenvalue weighted by atomic mass is 16.3. The first-order valence-electron chi connectivity index (χ1n) is 7.81. The highest BCUT2D eigenvalue weighted by molar-refractivity contribution is 5.45. The van der Waals surface area contributed by atoms with E-state index in [1.54, 1.807) is 0 Å². The molecule has 3 nitrogen and oxygen atoms in total. The van der Waals surface area contributed by atoms with Crippen molar-refractivity contribution in [1.29, 1.82) is 0 Å². The van der Waals surface area contributed by atoms with Gasteiger partial charge >= 0.3 is 0 Å². The van der Waals surface area contributed by atoms with E-state index in [0.717, 1.165) is 38.6 Å². The number of benzene rings is 1. The minimum absolute atomic E-state index is 0.0984. The SMILES string of the molecule is CN1CC[C@@]23CC(O)CC[C@@H]2[C@@H]1Cc1ccc(O)cc13. The Morgan fingerprint density at radius 2 is 2.15 bits per heavy atom. The number of phenolic OH excluding ortho intramolecular Hbond substituents is 1. The quantitative estimate of drug-likeness (QED) is 0.760. The monoisotopic (exact) mass is 273 g/mol. The van der Waals surface area contributed by atoms with Crippen LogP contribution in [-0.2, 0) is 11.8 Å². The number of likely N-dealkylation sites (tertiary alicyclic amines) is 1. The van der Waals surface area contributed by atoms with E-state index < -0.39 is 0 Å². The molecular formula is C17H23NO2. The van der Waals surface area contributed by atoms with E-state index in [4.69, 9.17) is 0 Å². The largest absolute Gasteiger partial charge is 0.508 e. The number of piperidine rings is 1. The third kappa shape index (κ3) is 1.60. The smallest absolute Gasteiger partial charge is 0.115 e. The first-order chi connectivity index (χ1) is 9.60. The Balaban J connectivity index is 1.90. The second kappa shape index (κ2) is 4.22. The minimum Gasteiger partial charge on any atom is -0.508 e. The van der Waals surface area contributed by atoms with Crippen LogP contribution >= 0.6 is 0 Å². The third-order valence-corrected chi connectivity index (χ3v) is 6.12. The van der Waals surface area contributed by atoms with Gasteiger partial charge in [0.1, 0.15) is 5.75 Å². The molecule has 1 aromatic carbocycles. The van der Waals surface area contributed by atoms with Crippen LogP contribution in [0.15, 0.2) is 18.2 Å². The summed E-state index contributed by atoms with van der Waals surface area (Å²) in [6.07, 6.45) is 4.95. The van der Waals surface area contributed by atoms with Crippen molar-refractivity contribution in [2.75, 3.05) is 13.6 Å². The van der Waals surface area contributed by atoms with Gasteiger partial charge in [0.05, 0.1) is 6.10 Å². The Morgan fingerprint density at radius 1 is 1.30 bits per heavy atom. The van der Waals surface area contributed by atoms with Crippen LogP contribution in [0.25, 0.3) is 0 Å². The molecule has 20 heavy (non-hydrogen) atoms. The molecule has 3 aliphatic rings. The Hall–Kier alpha value is -1.06. The van der Waals surface area contributed by atoms with Crippen molar-refractivity contribution in [3.8, 4) is 5.75 Å². The fraction of sp³-hybridized carbons (Fsp3) is 0.647. The van der Waals surface area contributed by atoms with Gasteiger partial charge in [0, 0.05) is 11.5 Å². The van der Waals surface area contributed by atoms with Crippen molar-refractivity contribution in [2.24, 2.45) is 5.92 Å². The summed E-state index contributed by atoms with van der Waals surface area (Å²) in [5.41, 5.74) is 2.80. The zero-order valence-corrected chi connectivity index (χ0v) is 12.0. The van der Waals surface area contributed by atoms with E-state index >= 15 is 0 Å². The molecule has 108 valence electrons. The summed E-state index contributed by atoms with van der Waals surface area (Å²) in [5, 5.41) is 20.2. The molecular weight excluding hydrogens is 250 g/mol. The number of hydrogen-bond donors (Lipinski definition) is 2. The average Bonchev–Trinajstić information content (AvgIpc) is 2.43. The van der Waals surface area contributed by atoms with Crippen LogP contribution in [0.2, 0.25) is 0 Å². The molecule has 1 aliphatic heterocycles. The number of aliphatic hydroxyl groups excluding tert-OH is 1. The molecule has 0 radical (unpaired) electrons. The Labute approximate surface area is 120 Å². The predicted molar refractivity (Wildman–Crippen MR) is 77.9 cm³/mol. The highest BCUT2D eigenvalue weighted by Crippen LogP contribution is 2.55. The van der Waals surface area contributed by atoms with E-state index in [9.17, 15) is 10.2 Å². The highest BCUT2D eigenvalue weighted by Gasteiger charge is 2.54. The molecule has 4 rings (SSSR count). The van der Waals surface area contributed by atoms with Gasteiger partial charge in [0.2, 0.25) is 0 Å². The van der Waals surface area contributed by atoms with Crippen LogP contribution in [-0.4, -0.2) is 40.9 Å². The van der Waals surface area contributed by atoms with Crippen molar-refractivity contribution < 1.29 is 10.2 Å². The van der Waals surface area contributed by atoms with E-state index in [2.05, 4.69) is 18.0 Å². The summed E-state index contributed by atoms with van der Waals surface area (Å²) >= 11 is 0. The van der Waals surface area contributed by atoms with Crippen molar-refractivity contribution in [3.63, 3.8) is 0 Å². The van der Waals surface area contributed by atoms with Crippen LogP contribution in [0.3, 0.4) is 0 Å². The number of rotatable bonds is 0. The lowest BCUT2D eigenvalue weighted by Gasteiger charge is -2.59. The third-order valence-electron chi connectivity index (χ3n) is 6.12. The maximum absolute atomic E-state index is 10.2. The number of fused-ring (bicyclic) bond motifs is 1. The summed E-state index contributed by atoms with van der Waals surface area (Å²) in [5.74, 6) is 1.01. The van der Waals surface area contributed by atoms with Crippen LogP contribution in [0, 0.1) is 5.92 Å². The average molecular weight is 273 g/mol. The molecule has 3 heteroatoms. The summed E-state index contributed by atoms with van der Waals surface area (Å²) in [6, 6.07) is 6.48. The first kappa shape index (κ1) is 12.7. The zero-order valence-electron chi connectivity index (χ0n) is 12.0. The van der Waals surface area contributed by atoms with Gasteiger partial charge in [0.25, 0.3) is 0 Å². The number of aliphatic hydroxyl groups is 1. The van der Waals surface area contributed by atoms with Gasteiger partial charge in [-0.2, -0.15) is 0 Å². The van der Waals surface area contributed by atoms with Gasteiger partial charge in [-0.3, -0.25) is 0 Å². The molecule has 1 saturated carbocycles. The molecule has 1 unspecified atom stereocenters. The maximum atomic E-state index is 10.2. The molecule has 2 bridgehead atoms. The minimum atomic E-state index is -0.177. The molecule has 1 saturated heterocycles. The fourth-order valence-corrected chi connectivity index (χ4v) is 5.19. The summed E-state index contributed by atoms with van der Waals surface area (Å²) < 4.78 is 0. The van der Waals surface area contributed by atoms with E-state index in [-0.39, 0.29) is 11.5 Å². The number of likely N-dealkylation sites (N-methyl/N-ethyl adjacent to an activating group) is 1. The summed E-state index contributed by atoms with van der Waals surface area (Å²) in [7, 11) is 2.24. The lowest BCUT2D eigenvalue weighted by Crippen LogP contribution is -2.61. The lowest BCUT2D eigenvalue weighted by molar-refractivity contribution is -0.0393. The van der Waals surface area contributed by atoms with E-state index in [0.29, 0.717) is 17.7 Å². The van der Waals surface area contributed by atoms with Crippen LogP contribution < -0.4 is 0 Å². The van der Waals surface area contributed by atoms with E-state index in [1.165, 1.54) is 11.1 Å². The van der Waals surface area contributed by atoms with Gasteiger partial charge in [-0.15, -0.1) is 0 Å². The molecule has 0 amide bonds. The number of aromatic hydroxyl groups is 1. The second-order valence-corrected chi connectivity index (χ2v) is 7.04. The molecule has 1 aromatic rings. The lowest BCUT2D eigenvalue weighted by atomic mass is 9.52. The first-order valence-corrected chi connectivity index (χ1v) is 7.81. The molecule has 4 atom stereocenters. The van der Waals surface area contributed by atoms with E-state index in [1.807, 2.05) is 12.1 Å². The van der Waals surface area contributed by atoms with Gasteiger partial charge in [-0.25, -0.2) is 0 Å². The normalized spacial score (nSPS) is 40.0. The molecule has 1 heterocycles. The summed E-state index contributed by atoms with van der Waals surface area (Å²) in [6.45, 7) is 1.10. The maximum Gasteiger partial charge on any atom is 0.115 e. The van der Waals surface area contributed by atoms with Crippen LogP contribution in [0.4, 0.5) is 0 Å². The van der Waals surface area contributed by atoms with Crippen LogP contribution in [0.1, 0.15) is 36.8 Å². The summed E-state index contributed by atoms with van der Waals surface area (Å²) in [4.78, 5) is 2.51. The second-order valence-electron chi connectivity index (χ2n) is 7.04. The fourth-order valence-electron chi connectivity index (χ4n) is 5.19. The number of hydrogen-bond acceptors (Lipinski definition) is 3.